The van der Waals surface area contributed by atoms with Gasteiger partial charge in [0.1, 0.15) is 6.61 Å². The minimum Gasteiger partial charge on any atom is -0.477 e. The third-order valence-corrected chi connectivity index (χ3v) is 4.17. The van der Waals surface area contributed by atoms with E-state index in [-0.39, 0.29) is 12.0 Å². The van der Waals surface area contributed by atoms with Gasteiger partial charge in [-0.2, -0.15) is 0 Å². The van der Waals surface area contributed by atoms with Gasteiger partial charge < -0.3 is 19.4 Å². The van der Waals surface area contributed by atoms with Gasteiger partial charge in [0, 0.05) is 12.8 Å². The van der Waals surface area contributed by atoms with Gasteiger partial charge in [0.05, 0.1) is 18.9 Å². The Bertz CT molecular complexity index is 548. The fourth-order valence-electron chi connectivity index (χ4n) is 2.58. The molecule has 1 N–H and O–H groups in total. The van der Waals surface area contributed by atoms with E-state index in [0.29, 0.717) is 13.2 Å². The molecule has 1 aromatic carbocycles. The number of oxime groups is 1. The number of carboxylic acid groups (broad SMARTS) is 1. The quantitative estimate of drug-likeness (QED) is 0.449. The van der Waals surface area contributed by atoms with Gasteiger partial charge in [-0.15, -0.1) is 0 Å². The number of carbonyl (C=O) groups is 1. The first-order valence-electron chi connectivity index (χ1n) is 8.27. The van der Waals surface area contributed by atoms with E-state index in [1.54, 1.807) is 6.21 Å². The molecule has 1 saturated heterocycles. The maximum absolute atomic E-state index is 11.1. The molecule has 0 spiro atoms. The SMILES string of the molecule is CC1OC(C)(C(=O)O)OCC1CCCCON=Cc1ccccc1. The third-order valence-electron chi connectivity index (χ3n) is 4.17. The van der Waals surface area contributed by atoms with E-state index in [1.165, 1.54) is 6.92 Å². The summed E-state index contributed by atoms with van der Waals surface area (Å²) >= 11 is 0. The van der Waals surface area contributed by atoms with Crippen LogP contribution in [-0.4, -0.2) is 42.4 Å². The number of hydrogen-bond donors (Lipinski definition) is 1. The van der Waals surface area contributed by atoms with E-state index in [9.17, 15) is 4.79 Å². The fourth-order valence-corrected chi connectivity index (χ4v) is 2.58. The van der Waals surface area contributed by atoms with Crippen LogP contribution < -0.4 is 0 Å². The largest absolute Gasteiger partial charge is 0.477 e. The van der Waals surface area contributed by atoms with Crippen LogP contribution in [0.25, 0.3) is 0 Å². The Hall–Kier alpha value is -1.92. The molecule has 3 unspecified atom stereocenters. The molecule has 24 heavy (non-hydrogen) atoms. The first-order chi connectivity index (χ1) is 11.5. The minimum absolute atomic E-state index is 0.142. The molecule has 1 aliphatic rings. The first kappa shape index (κ1) is 18.4. The normalized spacial score (nSPS) is 27.2. The highest BCUT2D eigenvalue weighted by Gasteiger charge is 2.43. The Labute approximate surface area is 142 Å². The molecule has 1 aromatic rings. The van der Waals surface area contributed by atoms with Crippen LogP contribution in [0.3, 0.4) is 0 Å². The topological polar surface area (TPSA) is 77.4 Å². The van der Waals surface area contributed by atoms with E-state index in [2.05, 4.69) is 5.16 Å². The van der Waals surface area contributed by atoms with Crippen LogP contribution in [0.2, 0.25) is 0 Å². The van der Waals surface area contributed by atoms with E-state index in [1.807, 2.05) is 37.3 Å². The smallest absolute Gasteiger partial charge is 0.364 e. The fraction of sp³-hybridized carbons (Fsp3) is 0.556. The molecule has 0 aromatic heterocycles. The molecule has 0 aliphatic carbocycles. The van der Waals surface area contributed by atoms with Crippen molar-refractivity contribution in [2.45, 2.75) is 45.0 Å². The maximum Gasteiger partial charge on any atom is 0.364 e. The number of hydrogen-bond acceptors (Lipinski definition) is 5. The standard InChI is InChI=1S/C18H25NO5/c1-14-16(13-22-18(2,24-14)17(20)21)10-6-7-11-23-19-12-15-8-4-3-5-9-15/h3-5,8-9,12,14,16H,6-7,10-11,13H2,1-2H3,(H,20,21). The van der Waals surface area contributed by atoms with Crippen LogP contribution in [0.4, 0.5) is 0 Å². The second-order valence-corrected chi connectivity index (χ2v) is 6.12. The number of nitrogens with zero attached hydrogens (tertiary/aromatic N) is 1. The summed E-state index contributed by atoms with van der Waals surface area (Å²) < 4.78 is 10.9. The van der Waals surface area contributed by atoms with Gasteiger partial charge in [0.15, 0.2) is 0 Å². The lowest BCUT2D eigenvalue weighted by Gasteiger charge is -2.39. The van der Waals surface area contributed by atoms with Gasteiger partial charge in [-0.05, 0) is 31.7 Å². The molecule has 1 fully saturated rings. The van der Waals surface area contributed by atoms with Crippen molar-refractivity contribution in [1.82, 2.24) is 0 Å². The monoisotopic (exact) mass is 335 g/mol. The average molecular weight is 335 g/mol. The molecule has 6 nitrogen and oxygen atoms in total. The summed E-state index contributed by atoms with van der Waals surface area (Å²) in [5, 5.41) is 13.0. The van der Waals surface area contributed by atoms with Crippen LogP contribution in [0.15, 0.2) is 35.5 Å². The highest BCUT2D eigenvalue weighted by atomic mass is 16.7. The van der Waals surface area contributed by atoms with Crippen molar-refractivity contribution in [3.8, 4) is 0 Å². The average Bonchev–Trinajstić information content (AvgIpc) is 2.56. The van der Waals surface area contributed by atoms with Crippen molar-refractivity contribution in [2.75, 3.05) is 13.2 Å². The molecule has 0 bridgehead atoms. The summed E-state index contributed by atoms with van der Waals surface area (Å²) in [6.45, 7) is 4.30. The van der Waals surface area contributed by atoms with E-state index < -0.39 is 11.8 Å². The number of benzene rings is 1. The van der Waals surface area contributed by atoms with Gasteiger partial charge in [0.2, 0.25) is 0 Å². The van der Waals surface area contributed by atoms with E-state index >= 15 is 0 Å². The minimum atomic E-state index is -1.52. The Morgan fingerprint density at radius 3 is 2.83 bits per heavy atom. The molecule has 2 rings (SSSR count). The number of unbranched alkanes of at least 4 members (excludes halogenated alkanes) is 1. The number of ether oxygens (including phenoxy) is 2. The number of rotatable bonds is 8. The van der Waals surface area contributed by atoms with Gasteiger partial charge in [0.25, 0.3) is 5.79 Å². The lowest BCUT2D eigenvalue weighted by atomic mass is 9.96. The van der Waals surface area contributed by atoms with Gasteiger partial charge in [-0.3, -0.25) is 0 Å². The molecule has 0 radical (unpaired) electrons. The molecule has 1 aliphatic heterocycles. The summed E-state index contributed by atoms with van der Waals surface area (Å²) in [5.74, 6) is -2.41. The Kier molecular flexibility index (Phi) is 6.75. The van der Waals surface area contributed by atoms with Crippen LogP contribution in [-0.2, 0) is 19.1 Å². The number of carboxylic acids is 1. The summed E-state index contributed by atoms with van der Waals surface area (Å²) in [6.07, 6.45) is 4.29. The second kappa shape index (κ2) is 8.80. The summed E-state index contributed by atoms with van der Waals surface area (Å²) in [7, 11) is 0. The van der Waals surface area contributed by atoms with Crippen molar-refractivity contribution in [3.05, 3.63) is 35.9 Å². The molecule has 0 saturated carbocycles. The van der Waals surface area contributed by atoms with Crippen molar-refractivity contribution in [3.63, 3.8) is 0 Å². The predicted octanol–water partition coefficient (Wildman–Crippen LogP) is 3.06. The van der Waals surface area contributed by atoms with Gasteiger partial charge in [-0.25, -0.2) is 4.79 Å². The molecular weight excluding hydrogens is 310 g/mol. The molecule has 1 heterocycles. The van der Waals surface area contributed by atoms with E-state index in [0.717, 1.165) is 24.8 Å². The first-order valence-corrected chi connectivity index (χ1v) is 8.27. The maximum atomic E-state index is 11.1. The molecule has 3 atom stereocenters. The van der Waals surface area contributed by atoms with Crippen molar-refractivity contribution >= 4 is 12.2 Å². The molecule has 0 amide bonds. The molecule has 132 valence electrons. The summed E-state index contributed by atoms with van der Waals surface area (Å²) in [6, 6.07) is 9.78. The summed E-state index contributed by atoms with van der Waals surface area (Å²) in [4.78, 5) is 16.4. The lowest BCUT2D eigenvalue weighted by molar-refractivity contribution is -0.292. The van der Waals surface area contributed by atoms with Crippen LogP contribution >= 0.6 is 0 Å². The summed E-state index contributed by atoms with van der Waals surface area (Å²) in [5.41, 5.74) is 1.00. The van der Waals surface area contributed by atoms with Crippen LogP contribution in [0, 0.1) is 5.92 Å². The third kappa shape index (κ3) is 5.32. The van der Waals surface area contributed by atoms with Crippen molar-refractivity contribution in [1.29, 1.82) is 0 Å². The zero-order chi connectivity index (χ0) is 17.4. The lowest BCUT2D eigenvalue weighted by Crippen LogP contribution is -2.51. The highest BCUT2D eigenvalue weighted by molar-refractivity contribution is 5.78. The highest BCUT2D eigenvalue weighted by Crippen LogP contribution is 2.29. The van der Waals surface area contributed by atoms with Crippen molar-refractivity contribution < 1.29 is 24.2 Å². The Balaban J connectivity index is 1.60. The van der Waals surface area contributed by atoms with Gasteiger partial charge >= 0.3 is 5.97 Å². The van der Waals surface area contributed by atoms with Crippen molar-refractivity contribution in [2.24, 2.45) is 11.1 Å². The van der Waals surface area contributed by atoms with E-state index in [4.69, 9.17) is 19.4 Å². The Morgan fingerprint density at radius 2 is 2.17 bits per heavy atom. The van der Waals surface area contributed by atoms with Crippen LogP contribution in [0.5, 0.6) is 0 Å². The van der Waals surface area contributed by atoms with Crippen LogP contribution in [0.1, 0.15) is 38.7 Å². The predicted molar refractivity (Wildman–Crippen MR) is 89.9 cm³/mol. The zero-order valence-corrected chi connectivity index (χ0v) is 14.2. The molecule has 6 heteroatoms. The second-order valence-electron chi connectivity index (χ2n) is 6.12. The van der Waals surface area contributed by atoms with Gasteiger partial charge in [-0.1, -0.05) is 35.5 Å². The Morgan fingerprint density at radius 1 is 1.42 bits per heavy atom. The molecular formula is C18H25NO5. The zero-order valence-electron chi connectivity index (χ0n) is 14.2. The number of aliphatic carboxylic acids is 1.